The summed E-state index contributed by atoms with van der Waals surface area (Å²) in [5, 5.41) is 9.02. The molecule has 22 heavy (non-hydrogen) atoms. The molecule has 0 aliphatic heterocycles. The summed E-state index contributed by atoms with van der Waals surface area (Å²) >= 11 is 0. The van der Waals surface area contributed by atoms with Crippen molar-refractivity contribution in [3.63, 3.8) is 0 Å². The van der Waals surface area contributed by atoms with Crippen molar-refractivity contribution in [2.24, 2.45) is 0 Å². The second-order valence-electron chi connectivity index (χ2n) is 5.41. The van der Waals surface area contributed by atoms with Crippen LogP contribution in [0.1, 0.15) is 28.6 Å². The van der Waals surface area contributed by atoms with Gasteiger partial charge >= 0.3 is 0 Å². The third kappa shape index (κ3) is 3.43. The molecule has 0 amide bonds. The van der Waals surface area contributed by atoms with Gasteiger partial charge in [0.2, 0.25) is 0 Å². The first-order valence-corrected chi connectivity index (χ1v) is 7.60. The van der Waals surface area contributed by atoms with Crippen molar-refractivity contribution >= 4 is 0 Å². The topological polar surface area (TPSA) is 48.9 Å². The molecule has 3 nitrogen and oxygen atoms in total. The number of hydrogen-bond donors (Lipinski definition) is 2. The molecule has 0 spiro atoms. The molecule has 0 aliphatic carbocycles. The predicted molar refractivity (Wildman–Crippen MR) is 87.8 cm³/mol. The van der Waals surface area contributed by atoms with Crippen LogP contribution in [0.4, 0.5) is 0 Å². The van der Waals surface area contributed by atoms with Gasteiger partial charge in [0.1, 0.15) is 5.82 Å². The van der Waals surface area contributed by atoms with E-state index >= 15 is 0 Å². The minimum absolute atomic E-state index is 0.141. The fourth-order valence-electron chi connectivity index (χ4n) is 2.75. The van der Waals surface area contributed by atoms with Gasteiger partial charge < -0.3 is 10.1 Å². The van der Waals surface area contributed by atoms with Gasteiger partial charge in [0.25, 0.3) is 0 Å². The maximum absolute atomic E-state index is 9.02. The molecule has 0 saturated carbocycles. The first-order valence-electron chi connectivity index (χ1n) is 7.60. The molecule has 0 atom stereocenters. The zero-order valence-corrected chi connectivity index (χ0v) is 12.4. The van der Waals surface area contributed by atoms with Crippen LogP contribution in [0.2, 0.25) is 0 Å². The average Bonchev–Trinajstić information content (AvgIpc) is 3.02. The number of hydrogen-bond acceptors (Lipinski definition) is 2. The summed E-state index contributed by atoms with van der Waals surface area (Å²) in [4.78, 5) is 7.77. The highest BCUT2D eigenvalue weighted by molar-refractivity contribution is 5.33. The number of aromatic nitrogens is 2. The molecule has 0 aliphatic rings. The van der Waals surface area contributed by atoms with E-state index in [1.807, 2.05) is 18.3 Å². The van der Waals surface area contributed by atoms with Crippen LogP contribution in [-0.2, 0) is 12.8 Å². The smallest absolute Gasteiger partial charge is 0.107 e. The number of aliphatic hydroxyl groups excluding tert-OH is 1. The Balaban J connectivity index is 1.88. The monoisotopic (exact) mass is 292 g/mol. The van der Waals surface area contributed by atoms with E-state index in [0.717, 1.165) is 17.9 Å². The molecule has 1 aromatic heterocycles. The molecule has 3 rings (SSSR count). The molecule has 0 radical (unpaired) electrons. The number of nitrogens with one attached hydrogen (secondary N) is 1. The third-order valence-corrected chi connectivity index (χ3v) is 3.86. The highest BCUT2D eigenvalue weighted by Gasteiger charge is 2.16. The summed E-state index contributed by atoms with van der Waals surface area (Å²) in [5.74, 6) is 1.23. The molecular formula is C19H20N2O. The van der Waals surface area contributed by atoms with Gasteiger partial charge in [-0.25, -0.2) is 4.98 Å². The number of imidazole rings is 1. The first kappa shape index (κ1) is 14.5. The maximum atomic E-state index is 9.02. The normalized spacial score (nSPS) is 11.0. The summed E-state index contributed by atoms with van der Waals surface area (Å²) in [6.45, 7) is 0.141. The van der Waals surface area contributed by atoms with Gasteiger partial charge in [0.05, 0.1) is 0 Å². The third-order valence-electron chi connectivity index (χ3n) is 3.86. The summed E-state index contributed by atoms with van der Waals surface area (Å²) in [6.07, 6.45) is 3.26. The van der Waals surface area contributed by atoms with Crippen molar-refractivity contribution in [3.05, 3.63) is 89.5 Å². The lowest BCUT2D eigenvalue weighted by atomic mass is 9.88. The minimum atomic E-state index is 0.141. The van der Waals surface area contributed by atoms with E-state index in [-0.39, 0.29) is 12.5 Å². The van der Waals surface area contributed by atoms with Crippen LogP contribution in [0.25, 0.3) is 0 Å². The van der Waals surface area contributed by atoms with Crippen LogP contribution in [0, 0.1) is 0 Å². The van der Waals surface area contributed by atoms with Crippen LogP contribution in [0.5, 0.6) is 0 Å². The SMILES string of the molecule is OCCc1cnc(CC(c2ccccc2)c2ccccc2)[nH]1. The van der Waals surface area contributed by atoms with E-state index in [9.17, 15) is 0 Å². The molecule has 3 aromatic rings. The molecule has 0 fully saturated rings. The molecule has 2 aromatic carbocycles. The van der Waals surface area contributed by atoms with Crippen LogP contribution in [-0.4, -0.2) is 21.7 Å². The Hall–Kier alpha value is -2.39. The van der Waals surface area contributed by atoms with E-state index < -0.39 is 0 Å². The molecule has 112 valence electrons. The van der Waals surface area contributed by atoms with Crippen LogP contribution in [0.15, 0.2) is 66.9 Å². The first-order chi connectivity index (χ1) is 10.9. The van der Waals surface area contributed by atoms with Gasteiger partial charge in [-0.2, -0.15) is 0 Å². The van der Waals surface area contributed by atoms with Crippen molar-refractivity contribution in [3.8, 4) is 0 Å². The highest BCUT2D eigenvalue weighted by atomic mass is 16.3. The van der Waals surface area contributed by atoms with Gasteiger partial charge in [-0.3, -0.25) is 0 Å². The second-order valence-corrected chi connectivity index (χ2v) is 5.41. The number of benzene rings is 2. The molecular weight excluding hydrogens is 272 g/mol. The Labute approximate surface area is 130 Å². The largest absolute Gasteiger partial charge is 0.396 e. The summed E-state index contributed by atoms with van der Waals surface area (Å²) in [6, 6.07) is 21.0. The summed E-state index contributed by atoms with van der Waals surface area (Å²) < 4.78 is 0. The number of rotatable bonds is 6. The average molecular weight is 292 g/mol. The number of aliphatic hydroxyl groups is 1. The summed E-state index contributed by atoms with van der Waals surface area (Å²) in [5.41, 5.74) is 3.56. The minimum Gasteiger partial charge on any atom is -0.396 e. The van der Waals surface area contributed by atoms with Crippen LogP contribution in [0.3, 0.4) is 0 Å². The molecule has 3 heteroatoms. The van der Waals surface area contributed by atoms with E-state index in [2.05, 4.69) is 58.5 Å². The number of H-pyrrole nitrogens is 1. The maximum Gasteiger partial charge on any atom is 0.107 e. The molecule has 1 heterocycles. The fraction of sp³-hybridized carbons (Fsp3) is 0.211. The lowest BCUT2D eigenvalue weighted by Gasteiger charge is -2.17. The van der Waals surface area contributed by atoms with E-state index in [4.69, 9.17) is 5.11 Å². The van der Waals surface area contributed by atoms with Gasteiger partial charge in [-0.15, -0.1) is 0 Å². The zero-order chi connectivity index (χ0) is 15.2. The quantitative estimate of drug-likeness (QED) is 0.732. The molecule has 0 saturated heterocycles. The van der Waals surface area contributed by atoms with Crippen LogP contribution < -0.4 is 0 Å². The number of aromatic amines is 1. The fourth-order valence-corrected chi connectivity index (χ4v) is 2.75. The Kier molecular flexibility index (Phi) is 4.66. The molecule has 2 N–H and O–H groups in total. The van der Waals surface area contributed by atoms with E-state index in [0.29, 0.717) is 6.42 Å². The van der Waals surface area contributed by atoms with Gasteiger partial charge in [0, 0.05) is 37.3 Å². The molecule has 0 unspecified atom stereocenters. The summed E-state index contributed by atoms with van der Waals surface area (Å²) in [7, 11) is 0. The Morgan fingerprint density at radius 3 is 2.05 bits per heavy atom. The van der Waals surface area contributed by atoms with Gasteiger partial charge in [-0.1, -0.05) is 60.7 Å². The Bertz CT molecular complexity index is 652. The second kappa shape index (κ2) is 7.05. The van der Waals surface area contributed by atoms with Crippen LogP contribution >= 0.6 is 0 Å². The predicted octanol–water partition coefficient (Wildman–Crippen LogP) is 3.32. The van der Waals surface area contributed by atoms with Crippen molar-refractivity contribution in [1.82, 2.24) is 9.97 Å². The van der Waals surface area contributed by atoms with E-state index in [1.165, 1.54) is 11.1 Å². The molecule has 0 bridgehead atoms. The standard InChI is InChI=1S/C19H20N2O/c22-12-11-17-14-20-19(21-17)13-18(15-7-3-1-4-8-15)16-9-5-2-6-10-16/h1-10,14,18,22H,11-13H2,(H,20,21). The van der Waals surface area contributed by atoms with Crippen molar-refractivity contribution in [2.75, 3.05) is 6.61 Å². The zero-order valence-electron chi connectivity index (χ0n) is 12.4. The van der Waals surface area contributed by atoms with Gasteiger partial charge in [-0.05, 0) is 11.1 Å². The Morgan fingerprint density at radius 2 is 1.50 bits per heavy atom. The van der Waals surface area contributed by atoms with Crippen molar-refractivity contribution in [1.29, 1.82) is 0 Å². The van der Waals surface area contributed by atoms with Crippen molar-refractivity contribution in [2.45, 2.75) is 18.8 Å². The Morgan fingerprint density at radius 1 is 0.909 bits per heavy atom. The highest BCUT2D eigenvalue weighted by Crippen LogP contribution is 2.27. The van der Waals surface area contributed by atoms with E-state index in [1.54, 1.807) is 0 Å². The lowest BCUT2D eigenvalue weighted by Crippen LogP contribution is -2.06. The van der Waals surface area contributed by atoms with Gasteiger partial charge in [0.15, 0.2) is 0 Å². The number of nitrogens with zero attached hydrogens (tertiary/aromatic N) is 1. The lowest BCUT2D eigenvalue weighted by molar-refractivity contribution is 0.298. The van der Waals surface area contributed by atoms with Crippen molar-refractivity contribution < 1.29 is 5.11 Å².